The van der Waals surface area contributed by atoms with Crippen LogP contribution in [0.4, 0.5) is 10.1 Å². The first-order chi connectivity index (χ1) is 11.1. The van der Waals surface area contributed by atoms with Gasteiger partial charge in [-0.3, -0.25) is 9.80 Å². The molecule has 2 fully saturated rings. The number of hydrogen-bond acceptors (Lipinski definition) is 4. The largest absolute Gasteiger partial charge is 0.379 e. The van der Waals surface area contributed by atoms with Crippen molar-refractivity contribution in [2.24, 2.45) is 0 Å². The van der Waals surface area contributed by atoms with Gasteiger partial charge < -0.3 is 9.64 Å². The fraction of sp³-hybridized carbons (Fsp3) is 0.667. The minimum atomic E-state index is -0.115. The fourth-order valence-corrected chi connectivity index (χ4v) is 3.60. The van der Waals surface area contributed by atoms with Gasteiger partial charge in [-0.25, -0.2) is 4.39 Å². The summed E-state index contributed by atoms with van der Waals surface area (Å²) in [6, 6.07) is 8.05. The van der Waals surface area contributed by atoms with E-state index in [0.717, 1.165) is 58.2 Å². The number of hydrogen-bond donors (Lipinski definition) is 0. The Labute approximate surface area is 138 Å². The second-order valence-corrected chi connectivity index (χ2v) is 6.74. The molecule has 2 aliphatic heterocycles. The Morgan fingerprint density at radius 3 is 2.48 bits per heavy atom. The number of benzene rings is 1. The first-order valence-electron chi connectivity index (χ1n) is 8.70. The molecule has 0 radical (unpaired) electrons. The molecule has 0 aliphatic carbocycles. The Morgan fingerprint density at radius 1 is 1.04 bits per heavy atom. The van der Waals surface area contributed by atoms with Crippen molar-refractivity contribution in [3.05, 3.63) is 30.1 Å². The second kappa shape index (κ2) is 7.60. The zero-order chi connectivity index (χ0) is 16.2. The summed E-state index contributed by atoms with van der Waals surface area (Å²) < 4.78 is 19.5. The van der Waals surface area contributed by atoms with Gasteiger partial charge in [0.15, 0.2) is 0 Å². The summed E-state index contributed by atoms with van der Waals surface area (Å²) in [6.45, 7) is 12.2. The van der Waals surface area contributed by atoms with Gasteiger partial charge in [-0.05, 0) is 26.0 Å². The van der Waals surface area contributed by atoms with Gasteiger partial charge in [0.1, 0.15) is 5.82 Å². The summed E-state index contributed by atoms with van der Waals surface area (Å²) in [5.74, 6) is -0.115. The quantitative estimate of drug-likeness (QED) is 0.845. The molecule has 0 aromatic heterocycles. The van der Waals surface area contributed by atoms with Crippen LogP contribution in [0.5, 0.6) is 0 Å². The predicted octanol–water partition coefficient (Wildman–Crippen LogP) is 2.06. The van der Waals surface area contributed by atoms with Gasteiger partial charge in [0.2, 0.25) is 0 Å². The van der Waals surface area contributed by atoms with E-state index in [1.54, 1.807) is 12.1 Å². The second-order valence-electron chi connectivity index (χ2n) is 6.74. The lowest BCUT2D eigenvalue weighted by molar-refractivity contribution is -0.00593. The number of piperazine rings is 1. The lowest BCUT2D eigenvalue weighted by Crippen LogP contribution is -2.55. The van der Waals surface area contributed by atoms with Gasteiger partial charge in [0.05, 0.1) is 18.9 Å². The molecule has 2 aliphatic rings. The highest BCUT2D eigenvalue weighted by Crippen LogP contribution is 2.22. The highest BCUT2D eigenvalue weighted by atomic mass is 19.1. The Hall–Kier alpha value is -1.17. The van der Waals surface area contributed by atoms with Crippen molar-refractivity contribution in [1.82, 2.24) is 9.80 Å². The Bertz CT molecular complexity index is 513. The van der Waals surface area contributed by atoms with Crippen LogP contribution in [0.3, 0.4) is 0 Å². The van der Waals surface area contributed by atoms with E-state index in [-0.39, 0.29) is 5.82 Å². The molecule has 4 nitrogen and oxygen atoms in total. The number of para-hydroxylation sites is 1. The van der Waals surface area contributed by atoms with E-state index in [0.29, 0.717) is 12.1 Å². The van der Waals surface area contributed by atoms with Crippen LogP contribution in [-0.2, 0) is 4.74 Å². The number of halogens is 1. The third-order valence-electron chi connectivity index (χ3n) is 5.14. The van der Waals surface area contributed by atoms with Crippen molar-refractivity contribution in [3.63, 3.8) is 0 Å². The topological polar surface area (TPSA) is 19.0 Å². The molecule has 1 aromatic rings. The minimum absolute atomic E-state index is 0.115. The Kier molecular flexibility index (Phi) is 5.51. The number of ether oxygens (including phenoxy) is 1. The van der Waals surface area contributed by atoms with Crippen LogP contribution in [0.1, 0.15) is 13.8 Å². The molecule has 1 aromatic carbocycles. The molecule has 3 rings (SSSR count). The van der Waals surface area contributed by atoms with Crippen LogP contribution < -0.4 is 4.90 Å². The molecule has 128 valence electrons. The van der Waals surface area contributed by atoms with Crippen LogP contribution in [0.15, 0.2) is 24.3 Å². The van der Waals surface area contributed by atoms with E-state index in [1.165, 1.54) is 0 Å². The molecule has 5 heteroatoms. The van der Waals surface area contributed by atoms with E-state index in [1.807, 2.05) is 12.1 Å². The molecule has 0 saturated carbocycles. The summed E-state index contributed by atoms with van der Waals surface area (Å²) >= 11 is 0. The van der Waals surface area contributed by atoms with E-state index in [9.17, 15) is 4.39 Å². The van der Waals surface area contributed by atoms with Crippen molar-refractivity contribution < 1.29 is 9.13 Å². The maximum atomic E-state index is 14.0. The number of morpholine rings is 1. The smallest absolute Gasteiger partial charge is 0.146 e. The molecular weight excluding hydrogens is 293 g/mol. The van der Waals surface area contributed by atoms with Crippen LogP contribution in [0, 0.1) is 5.82 Å². The van der Waals surface area contributed by atoms with Gasteiger partial charge in [-0.15, -0.1) is 0 Å². The Balaban J connectivity index is 1.52. The molecule has 0 spiro atoms. The van der Waals surface area contributed by atoms with E-state index < -0.39 is 0 Å². The van der Waals surface area contributed by atoms with Crippen molar-refractivity contribution >= 4 is 5.69 Å². The molecule has 23 heavy (non-hydrogen) atoms. The average Bonchev–Trinajstić information content (AvgIpc) is 2.55. The average molecular weight is 321 g/mol. The van der Waals surface area contributed by atoms with E-state index in [4.69, 9.17) is 4.74 Å². The molecule has 2 heterocycles. The molecule has 0 bridgehead atoms. The number of anilines is 1. The summed E-state index contributed by atoms with van der Waals surface area (Å²) in [7, 11) is 0. The molecular formula is C18H28FN3O. The predicted molar refractivity (Wildman–Crippen MR) is 91.5 cm³/mol. The summed E-state index contributed by atoms with van der Waals surface area (Å²) in [6.07, 6.45) is 0. The third kappa shape index (κ3) is 4.03. The standard InChI is InChI=1S/C18H28FN3O/c1-15-13-22(18-6-4-3-5-17(18)19)10-9-20(15)7-8-21-11-12-23-14-16(21)2/h3-6,15-16H,7-14H2,1-2H3/t15-,16-/m0/s1. The zero-order valence-electron chi connectivity index (χ0n) is 14.2. The lowest BCUT2D eigenvalue weighted by Gasteiger charge is -2.42. The fourth-order valence-electron chi connectivity index (χ4n) is 3.60. The lowest BCUT2D eigenvalue weighted by atomic mass is 10.1. The van der Waals surface area contributed by atoms with Crippen LogP contribution in [0.2, 0.25) is 0 Å². The third-order valence-corrected chi connectivity index (χ3v) is 5.14. The van der Waals surface area contributed by atoms with Gasteiger partial charge in [0.25, 0.3) is 0 Å². The van der Waals surface area contributed by atoms with E-state index >= 15 is 0 Å². The Morgan fingerprint density at radius 2 is 1.78 bits per heavy atom. The SMILES string of the molecule is C[C@H]1COCCN1CCN1CCN(c2ccccc2F)C[C@@H]1C. The number of rotatable bonds is 4. The van der Waals surface area contributed by atoms with Crippen molar-refractivity contribution in [2.75, 3.05) is 57.4 Å². The van der Waals surface area contributed by atoms with Crippen LogP contribution in [0.25, 0.3) is 0 Å². The highest BCUT2D eigenvalue weighted by Gasteiger charge is 2.26. The van der Waals surface area contributed by atoms with Crippen LogP contribution in [-0.4, -0.2) is 74.4 Å². The molecule has 0 N–H and O–H groups in total. The van der Waals surface area contributed by atoms with Crippen molar-refractivity contribution in [1.29, 1.82) is 0 Å². The van der Waals surface area contributed by atoms with Gasteiger partial charge >= 0.3 is 0 Å². The summed E-state index contributed by atoms with van der Waals surface area (Å²) in [4.78, 5) is 7.22. The van der Waals surface area contributed by atoms with Gasteiger partial charge in [-0.2, -0.15) is 0 Å². The van der Waals surface area contributed by atoms with Gasteiger partial charge in [-0.1, -0.05) is 12.1 Å². The highest BCUT2D eigenvalue weighted by molar-refractivity contribution is 5.48. The maximum absolute atomic E-state index is 14.0. The molecule has 2 atom stereocenters. The van der Waals surface area contributed by atoms with Crippen molar-refractivity contribution in [3.8, 4) is 0 Å². The normalized spacial score (nSPS) is 27.3. The maximum Gasteiger partial charge on any atom is 0.146 e. The van der Waals surface area contributed by atoms with E-state index in [2.05, 4.69) is 28.5 Å². The zero-order valence-corrected chi connectivity index (χ0v) is 14.2. The minimum Gasteiger partial charge on any atom is -0.379 e. The first kappa shape index (κ1) is 16.7. The van der Waals surface area contributed by atoms with Crippen molar-refractivity contribution in [2.45, 2.75) is 25.9 Å². The molecule has 0 unspecified atom stereocenters. The molecule has 2 saturated heterocycles. The first-order valence-corrected chi connectivity index (χ1v) is 8.70. The summed E-state index contributed by atoms with van der Waals surface area (Å²) in [5, 5.41) is 0. The number of nitrogens with zero attached hydrogens (tertiary/aromatic N) is 3. The van der Waals surface area contributed by atoms with Crippen LogP contribution >= 0.6 is 0 Å². The molecule has 0 amide bonds. The monoisotopic (exact) mass is 321 g/mol. The summed E-state index contributed by atoms with van der Waals surface area (Å²) in [5.41, 5.74) is 0.737. The van der Waals surface area contributed by atoms with Gasteiger partial charge in [0, 0.05) is 51.4 Å².